The number of rotatable bonds is 5. The summed E-state index contributed by atoms with van der Waals surface area (Å²) in [5, 5.41) is 9.78. The Morgan fingerprint density at radius 3 is 2.39 bits per heavy atom. The molecule has 0 bridgehead atoms. The molecule has 2 nitrogen and oxygen atoms in total. The number of nitrogens with zero attached hydrogens (tertiary/aromatic N) is 1. The van der Waals surface area contributed by atoms with Crippen LogP contribution in [0.15, 0.2) is 0 Å². The topological polar surface area (TPSA) is 23.5 Å². The molecule has 0 radical (unpaired) electrons. The first kappa shape index (κ1) is 14.3. The molecule has 2 rings (SSSR count). The van der Waals surface area contributed by atoms with Crippen molar-refractivity contribution < 1.29 is 5.11 Å². The molecule has 1 aliphatic heterocycles. The van der Waals surface area contributed by atoms with Crippen molar-refractivity contribution in [2.24, 2.45) is 11.3 Å². The molecule has 2 atom stereocenters. The van der Waals surface area contributed by atoms with Crippen molar-refractivity contribution in [3.63, 3.8) is 0 Å². The number of piperidine rings is 1. The third-order valence-corrected chi connectivity index (χ3v) is 5.73. The summed E-state index contributed by atoms with van der Waals surface area (Å²) in [6.07, 6.45) is 10.7. The fourth-order valence-corrected chi connectivity index (χ4v) is 4.10. The van der Waals surface area contributed by atoms with Crippen LogP contribution >= 0.6 is 0 Å². The van der Waals surface area contributed by atoms with Crippen LogP contribution in [0, 0.1) is 11.3 Å². The van der Waals surface area contributed by atoms with Crippen molar-refractivity contribution in [3.8, 4) is 0 Å². The standard InChI is InChI=1S/C16H31NO/c1-3-16(4-2,13-18)12-17-11-7-9-14-8-5-6-10-15(14)17/h14-15,18H,3-13H2,1-2H3. The minimum absolute atomic E-state index is 0.152. The Bertz CT molecular complexity index is 239. The average Bonchev–Trinajstić information content (AvgIpc) is 2.45. The van der Waals surface area contributed by atoms with E-state index in [9.17, 15) is 5.11 Å². The first-order valence-corrected chi connectivity index (χ1v) is 8.09. The lowest BCUT2D eigenvalue weighted by Gasteiger charge is -2.47. The van der Waals surface area contributed by atoms with E-state index in [1.54, 1.807) is 0 Å². The van der Waals surface area contributed by atoms with Crippen LogP contribution < -0.4 is 0 Å². The van der Waals surface area contributed by atoms with E-state index in [1.165, 1.54) is 45.1 Å². The van der Waals surface area contributed by atoms with Crippen LogP contribution in [0.25, 0.3) is 0 Å². The maximum Gasteiger partial charge on any atom is 0.0499 e. The van der Waals surface area contributed by atoms with E-state index in [1.807, 2.05) is 0 Å². The predicted molar refractivity (Wildman–Crippen MR) is 76.7 cm³/mol. The third-order valence-electron chi connectivity index (χ3n) is 5.73. The quantitative estimate of drug-likeness (QED) is 0.811. The molecule has 0 amide bonds. The van der Waals surface area contributed by atoms with Gasteiger partial charge in [-0.2, -0.15) is 0 Å². The summed E-state index contributed by atoms with van der Waals surface area (Å²) in [7, 11) is 0. The molecular weight excluding hydrogens is 222 g/mol. The van der Waals surface area contributed by atoms with Gasteiger partial charge in [0.1, 0.15) is 0 Å². The number of aliphatic hydroxyl groups is 1. The SMILES string of the molecule is CCC(CC)(CO)CN1CCCC2CCCCC21. The predicted octanol–water partition coefficient (Wildman–Crippen LogP) is 3.44. The molecule has 0 aromatic rings. The van der Waals surface area contributed by atoms with Gasteiger partial charge in [-0.25, -0.2) is 0 Å². The average molecular weight is 253 g/mol. The third kappa shape index (κ3) is 2.91. The van der Waals surface area contributed by atoms with Crippen LogP contribution in [0.5, 0.6) is 0 Å². The molecule has 2 unspecified atom stereocenters. The van der Waals surface area contributed by atoms with Gasteiger partial charge in [0, 0.05) is 24.6 Å². The van der Waals surface area contributed by atoms with Crippen molar-refractivity contribution in [3.05, 3.63) is 0 Å². The van der Waals surface area contributed by atoms with Gasteiger partial charge in [-0.3, -0.25) is 4.90 Å². The summed E-state index contributed by atoms with van der Waals surface area (Å²) in [4.78, 5) is 2.73. The van der Waals surface area contributed by atoms with Crippen molar-refractivity contribution in [2.75, 3.05) is 19.7 Å². The second-order valence-corrected chi connectivity index (χ2v) is 6.59. The first-order chi connectivity index (χ1) is 8.74. The van der Waals surface area contributed by atoms with E-state index in [-0.39, 0.29) is 5.41 Å². The summed E-state index contributed by atoms with van der Waals surface area (Å²) in [5.41, 5.74) is 0.152. The second-order valence-electron chi connectivity index (χ2n) is 6.59. The van der Waals surface area contributed by atoms with Gasteiger partial charge >= 0.3 is 0 Å². The molecule has 1 saturated carbocycles. The summed E-state index contributed by atoms with van der Waals surface area (Å²) in [5.74, 6) is 0.956. The highest BCUT2D eigenvalue weighted by atomic mass is 16.3. The van der Waals surface area contributed by atoms with E-state index < -0.39 is 0 Å². The Morgan fingerprint density at radius 1 is 1.06 bits per heavy atom. The molecule has 1 saturated heterocycles. The molecule has 2 heteroatoms. The number of hydrogen-bond donors (Lipinski definition) is 1. The van der Waals surface area contributed by atoms with Gasteiger partial charge in [-0.15, -0.1) is 0 Å². The van der Waals surface area contributed by atoms with Gasteiger partial charge in [0.2, 0.25) is 0 Å². The Morgan fingerprint density at radius 2 is 1.72 bits per heavy atom. The maximum absolute atomic E-state index is 9.78. The lowest BCUT2D eigenvalue weighted by Crippen LogP contribution is -2.51. The number of fused-ring (bicyclic) bond motifs is 1. The smallest absolute Gasteiger partial charge is 0.0499 e. The van der Waals surface area contributed by atoms with Crippen LogP contribution in [0.2, 0.25) is 0 Å². The van der Waals surface area contributed by atoms with Crippen LogP contribution in [0.3, 0.4) is 0 Å². The number of aliphatic hydroxyl groups excluding tert-OH is 1. The summed E-state index contributed by atoms with van der Waals surface area (Å²) in [6, 6.07) is 0.830. The Kier molecular flexibility index (Phi) is 5.08. The molecule has 1 aliphatic carbocycles. The van der Waals surface area contributed by atoms with Crippen LogP contribution in [0.4, 0.5) is 0 Å². The summed E-state index contributed by atoms with van der Waals surface area (Å²) >= 11 is 0. The molecular formula is C16H31NO. The number of hydrogen-bond acceptors (Lipinski definition) is 2. The van der Waals surface area contributed by atoms with E-state index >= 15 is 0 Å². The zero-order valence-corrected chi connectivity index (χ0v) is 12.3. The zero-order chi connectivity index (χ0) is 13.0. The Balaban J connectivity index is 2.02. The fraction of sp³-hybridized carbons (Fsp3) is 1.00. The molecule has 18 heavy (non-hydrogen) atoms. The van der Waals surface area contributed by atoms with Gasteiger partial charge in [-0.1, -0.05) is 26.7 Å². The van der Waals surface area contributed by atoms with Crippen molar-refractivity contribution in [1.29, 1.82) is 0 Å². The Hall–Kier alpha value is -0.0800. The zero-order valence-electron chi connectivity index (χ0n) is 12.3. The van der Waals surface area contributed by atoms with E-state index in [0.717, 1.165) is 31.3 Å². The maximum atomic E-state index is 9.78. The van der Waals surface area contributed by atoms with Gasteiger partial charge < -0.3 is 5.11 Å². The van der Waals surface area contributed by atoms with E-state index in [4.69, 9.17) is 0 Å². The van der Waals surface area contributed by atoms with Crippen molar-refractivity contribution in [1.82, 2.24) is 4.90 Å². The minimum Gasteiger partial charge on any atom is -0.396 e. The van der Waals surface area contributed by atoms with Crippen LogP contribution in [-0.4, -0.2) is 35.7 Å². The van der Waals surface area contributed by atoms with Crippen molar-refractivity contribution in [2.45, 2.75) is 71.3 Å². The normalized spacial score (nSPS) is 30.2. The van der Waals surface area contributed by atoms with Gasteiger partial charge in [0.25, 0.3) is 0 Å². The molecule has 0 aromatic heterocycles. The van der Waals surface area contributed by atoms with Crippen LogP contribution in [-0.2, 0) is 0 Å². The van der Waals surface area contributed by atoms with E-state index in [0.29, 0.717) is 6.61 Å². The largest absolute Gasteiger partial charge is 0.396 e. The monoisotopic (exact) mass is 253 g/mol. The molecule has 0 spiro atoms. The fourth-order valence-electron chi connectivity index (χ4n) is 4.10. The second kappa shape index (κ2) is 6.38. The van der Waals surface area contributed by atoms with Gasteiger partial charge in [-0.05, 0) is 51.0 Å². The minimum atomic E-state index is 0.152. The molecule has 0 aromatic carbocycles. The van der Waals surface area contributed by atoms with Gasteiger partial charge in [0.15, 0.2) is 0 Å². The van der Waals surface area contributed by atoms with Crippen molar-refractivity contribution >= 4 is 0 Å². The highest BCUT2D eigenvalue weighted by Gasteiger charge is 2.37. The molecule has 106 valence electrons. The Labute approximate surface area is 113 Å². The van der Waals surface area contributed by atoms with Crippen LogP contribution in [0.1, 0.15) is 65.2 Å². The first-order valence-electron chi connectivity index (χ1n) is 8.09. The molecule has 1 N–H and O–H groups in total. The molecule has 2 fully saturated rings. The summed E-state index contributed by atoms with van der Waals surface area (Å²) in [6.45, 7) is 7.22. The lowest BCUT2D eigenvalue weighted by molar-refractivity contribution is -0.00124. The van der Waals surface area contributed by atoms with Gasteiger partial charge in [0.05, 0.1) is 0 Å². The highest BCUT2D eigenvalue weighted by Crippen LogP contribution is 2.38. The number of likely N-dealkylation sites (tertiary alicyclic amines) is 1. The lowest BCUT2D eigenvalue weighted by atomic mass is 9.76. The summed E-state index contributed by atoms with van der Waals surface area (Å²) < 4.78 is 0. The molecule has 2 aliphatic rings. The highest BCUT2D eigenvalue weighted by molar-refractivity contribution is 4.91. The van der Waals surface area contributed by atoms with E-state index in [2.05, 4.69) is 18.7 Å². The molecule has 1 heterocycles.